The molecular formula is C19H16F2I2O8S. The smallest absolute Gasteiger partial charge is 0.454 e. The van der Waals surface area contributed by atoms with Crippen molar-refractivity contribution in [3.8, 4) is 5.75 Å². The molecule has 174 valence electrons. The number of hydrogen-bond acceptors (Lipinski definition) is 7. The molecule has 0 aromatic heterocycles. The minimum atomic E-state index is -5.97. The maximum atomic E-state index is 13.8. The molecule has 2 atom stereocenters. The summed E-state index contributed by atoms with van der Waals surface area (Å²) in [5.74, 6) is -4.53. The molecule has 2 unspecified atom stereocenters. The summed E-state index contributed by atoms with van der Waals surface area (Å²) in [6, 6.07) is 3.61. The Morgan fingerprint density at radius 2 is 1.72 bits per heavy atom. The van der Waals surface area contributed by atoms with Gasteiger partial charge in [-0.1, -0.05) is 0 Å². The lowest BCUT2D eigenvalue weighted by Gasteiger charge is -2.63. The van der Waals surface area contributed by atoms with Crippen LogP contribution in [-0.2, 0) is 24.4 Å². The molecule has 32 heavy (non-hydrogen) atoms. The number of carbonyl (C=O) groups is 2. The number of carbonyl (C=O) groups excluding carboxylic acids is 2. The first-order valence-electron chi connectivity index (χ1n) is 9.77. The van der Waals surface area contributed by atoms with Crippen LogP contribution in [0, 0.1) is 24.9 Å². The molecule has 8 nitrogen and oxygen atoms in total. The highest BCUT2D eigenvalue weighted by molar-refractivity contribution is 14.1. The average molecular weight is 696 g/mol. The fraction of sp³-hybridized carbons (Fsp3) is 0.579. The normalized spacial score (nSPS) is 35.3. The van der Waals surface area contributed by atoms with Gasteiger partial charge in [0, 0.05) is 15.4 Å². The monoisotopic (exact) mass is 696 g/mol. The minimum absolute atomic E-state index is 0.0176. The van der Waals surface area contributed by atoms with Crippen LogP contribution in [0.3, 0.4) is 0 Å². The maximum absolute atomic E-state index is 13.8. The molecule has 1 aliphatic heterocycles. The van der Waals surface area contributed by atoms with Gasteiger partial charge in [-0.05, 0) is 95.3 Å². The first kappa shape index (κ1) is 23.0. The Kier molecular flexibility index (Phi) is 5.09. The van der Waals surface area contributed by atoms with Gasteiger partial charge < -0.3 is 14.2 Å². The molecule has 4 fully saturated rings. The van der Waals surface area contributed by atoms with Gasteiger partial charge in [0.2, 0.25) is 0 Å². The van der Waals surface area contributed by atoms with Gasteiger partial charge in [0.25, 0.3) is 5.79 Å². The zero-order valence-corrected chi connectivity index (χ0v) is 21.3. The van der Waals surface area contributed by atoms with Crippen molar-refractivity contribution in [2.75, 3.05) is 0 Å². The molecule has 13 heteroatoms. The van der Waals surface area contributed by atoms with Crippen molar-refractivity contribution in [1.82, 2.24) is 0 Å². The van der Waals surface area contributed by atoms with Crippen LogP contribution in [-0.4, -0.2) is 41.6 Å². The van der Waals surface area contributed by atoms with E-state index < -0.39 is 50.5 Å². The van der Waals surface area contributed by atoms with Gasteiger partial charge in [-0.15, -0.1) is 0 Å². The lowest BCUT2D eigenvalue weighted by Crippen LogP contribution is -2.69. The highest BCUT2D eigenvalue weighted by Gasteiger charge is 2.70. The molecule has 4 saturated carbocycles. The Bertz CT molecular complexity index is 1140. The van der Waals surface area contributed by atoms with Crippen LogP contribution in [0.4, 0.5) is 8.78 Å². The zero-order chi connectivity index (χ0) is 23.3. The van der Waals surface area contributed by atoms with E-state index in [0.29, 0.717) is 34.1 Å². The number of fused-ring (bicyclic) bond motifs is 1. The third kappa shape index (κ3) is 3.20. The molecule has 0 saturated heterocycles. The van der Waals surface area contributed by atoms with E-state index in [-0.39, 0.29) is 18.8 Å². The summed E-state index contributed by atoms with van der Waals surface area (Å²) in [5.41, 5.74) is -0.993. The number of halogens is 4. The van der Waals surface area contributed by atoms with E-state index in [4.69, 9.17) is 18.8 Å². The Hall–Kier alpha value is -0.810. The molecule has 1 spiro atoms. The maximum Gasteiger partial charge on any atom is 0.465 e. The van der Waals surface area contributed by atoms with E-state index in [1.54, 1.807) is 6.07 Å². The van der Waals surface area contributed by atoms with Crippen LogP contribution in [0.15, 0.2) is 12.1 Å². The van der Waals surface area contributed by atoms with Crippen LogP contribution < -0.4 is 4.74 Å². The van der Waals surface area contributed by atoms with Gasteiger partial charge in [-0.25, -0.2) is 9.59 Å². The van der Waals surface area contributed by atoms with Gasteiger partial charge in [-0.3, -0.25) is 4.55 Å². The van der Waals surface area contributed by atoms with Crippen LogP contribution in [0.5, 0.6) is 5.75 Å². The number of ether oxygens (including phenoxy) is 3. The molecule has 4 aliphatic carbocycles. The first-order chi connectivity index (χ1) is 14.8. The molecule has 1 aromatic carbocycles. The SMILES string of the molecule is O=C1OC2(Oc3c(I)ccc(I)c31)C1CC3CC2CC(OC(=O)C(F)(F)S(=O)(=O)O)(C3)C1. The highest BCUT2D eigenvalue weighted by Crippen LogP contribution is 2.64. The van der Waals surface area contributed by atoms with Crippen LogP contribution >= 0.6 is 45.2 Å². The number of benzene rings is 1. The summed E-state index contributed by atoms with van der Waals surface area (Å²) in [7, 11) is -5.97. The van der Waals surface area contributed by atoms with E-state index in [0.717, 1.165) is 3.57 Å². The largest absolute Gasteiger partial charge is 0.465 e. The fourth-order valence-electron chi connectivity index (χ4n) is 5.87. The predicted octanol–water partition coefficient (Wildman–Crippen LogP) is 3.74. The van der Waals surface area contributed by atoms with Crippen molar-refractivity contribution in [2.45, 2.75) is 48.7 Å². The molecule has 1 aromatic rings. The summed E-state index contributed by atoms with van der Waals surface area (Å²) >= 11 is 4.10. The second kappa shape index (κ2) is 7.10. The lowest BCUT2D eigenvalue weighted by atomic mass is 9.51. The minimum Gasteiger partial charge on any atom is -0.454 e. The molecule has 1 N–H and O–H groups in total. The Labute approximate surface area is 208 Å². The molecule has 0 amide bonds. The summed E-state index contributed by atoms with van der Waals surface area (Å²) in [6.07, 6.45) is 1.64. The number of rotatable bonds is 3. The fourth-order valence-corrected chi connectivity index (χ4v) is 7.33. The van der Waals surface area contributed by atoms with Crippen LogP contribution in [0.1, 0.15) is 42.5 Å². The molecule has 1 heterocycles. The third-order valence-electron chi connectivity index (χ3n) is 6.92. The van der Waals surface area contributed by atoms with Gasteiger partial charge in [0.1, 0.15) is 11.2 Å². The second-order valence-corrected chi connectivity index (χ2v) is 12.6. The molecule has 5 aliphatic rings. The molecule has 6 rings (SSSR count). The number of hydrogen-bond donors (Lipinski definition) is 1. The standard InChI is InChI=1S/C19H16F2I2O8S/c20-19(21,32(26,27)28)16(25)31-17-5-8-3-9(6-17)18(10(4-8)7-17)29-14-12(23)2-1-11(22)13(14)15(24)30-18/h1-2,8-10H,3-7H2,(H,26,27,28). The Morgan fingerprint density at radius 1 is 1.12 bits per heavy atom. The van der Waals surface area contributed by atoms with Crippen LogP contribution in [0.2, 0.25) is 0 Å². The van der Waals surface area contributed by atoms with E-state index in [2.05, 4.69) is 22.6 Å². The summed E-state index contributed by atoms with van der Waals surface area (Å²) in [5, 5.41) is -5.06. The first-order valence-corrected chi connectivity index (χ1v) is 13.4. The van der Waals surface area contributed by atoms with E-state index in [1.165, 1.54) is 0 Å². The van der Waals surface area contributed by atoms with E-state index >= 15 is 0 Å². The predicted molar refractivity (Wildman–Crippen MR) is 120 cm³/mol. The van der Waals surface area contributed by atoms with Gasteiger partial charge in [0.15, 0.2) is 5.75 Å². The van der Waals surface area contributed by atoms with E-state index in [9.17, 15) is 26.8 Å². The quantitative estimate of drug-likeness (QED) is 0.289. The van der Waals surface area contributed by atoms with Gasteiger partial charge in [-0.2, -0.15) is 17.2 Å². The number of esters is 2. The summed E-state index contributed by atoms with van der Waals surface area (Å²) in [4.78, 5) is 25.0. The van der Waals surface area contributed by atoms with Crippen molar-refractivity contribution < 1.29 is 45.6 Å². The second-order valence-electron chi connectivity index (χ2n) is 8.85. The van der Waals surface area contributed by atoms with Crippen LogP contribution in [0.25, 0.3) is 0 Å². The molecular weight excluding hydrogens is 680 g/mol. The molecule has 0 radical (unpaired) electrons. The van der Waals surface area contributed by atoms with Crippen molar-refractivity contribution in [3.63, 3.8) is 0 Å². The zero-order valence-electron chi connectivity index (χ0n) is 16.1. The third-order valence-corrected chi connectivity index (χ3v) is 9.48. The van der Waals surface area contributed by atoms with Crippen molar-refractivity contribution in [1.29, 1.82) is 0 Å². The van der Waals surface area contributed by atoms with Crippen molar-refractivity contribution in [2.24, 2.45) is 17.8 Å². The van der Waals surface area contributed by atoms with Crippen molar-refractivity contribution >= 4 is 67.2 Å². The summed E-state index contributed by atoms with van der Waals surface area (Å²) < 4.78 is 77.1. The Morgan fingerprint density at radius 3 is 2.31 bits per heavy atom. The highest BCUT2D eigenvalue weighted by atomic mass is 127. The summed E-state index contributed by atoms with van der Waals surface area (Å²) in [6.45, 7) is 0. The van der Waals surface area contributed by atoms with Gasteiger partial charge in [0.05, 0.1) is 3.57 Å². The number of alkyl halides is 2. The topological polar surface area (TPSA) is 116 Å². The average Bonchev–Trinajstić information content (AvgIpc) is 2.67. The van der Waals surface area contributed by atoms with Gasteiger partial charge >= 0.3 is 27.3 Å². The Balaban J connectivity index is 1.48. The van der Waals surface area contributed by atoms with E-state index in [1.807, 2.05) is 28.7 Å². The lowest BCUT2D eigenvalue weighted by molar-refractivity contribution is -0.309. The van der Waals surface area contributed by atoms with Crippen molar-refractivity contribution in [3.05, 3.63) is 24.8 Å². The molecule has 4 bridgehead atoms.